The summed E-state index contributed by atoms with van der Waals surface area (Å²) in [6.07, 6.45) is 11.1. The second-order valence-electron chi connectivity index (χ2n) is 24.2. The Morgan fingerprint density at radius 1 is 0.441 bits per heavy atom. The van der Waals surface area contributed by atoms with Crippen molar-refractivity contribution in [2.45, 2.75) is 137 Å². The fourth-order valence-electron chi connectivity index (χ4n) is 15.9. The molecule has 5 aromatic heterocycles. The van der Waals surface area contributed by atoms with E-state index in [-0.39, 0.29) is 21.7 Å². The molecule has 17 rings (SSSR count). The fourth-order valence-corrected chi connectivity index (χ4v) is 15.9. The minimum Gasteiger partial charge on any atom is -0.308 e. The molecular formula is C64H59N3O. The van der Waals surface area contributed by atoms with Crippen molar-refractivity contribution in [2.24, 2.45) is 5.41 Å². The molecule has 0 N–H and O–H groups in total. The molecule has 0 unspecified atom stereocenters. The Morgan fingerprint density at radius 2 is 0.868 bits per heavy atom. The molecule has 0 aliphatic heterocycles. The van der Waals surface area contributed by atoms with Crippen LogP contribution in [0, 0.1) is 47.0 Å². The number of aryl methyl sites for hydroxylation is 6. The summed E-state index contributed by atoms with van der Waals surface area (Å²) in [7, 11) is 0. The molecule has 6 aromatic carbocycles. The minimum absolute atomic E-state index is 0.0133. The van der Waals surface area contributed by atoms with Gasteiger partial charge in [-0.2, -0.15) is 0 Å². The molecule has 4 nitrogen and oxygen atoms in total. The van der Waals surface area contributed by atoms with E-state index in [1.54, 1.807) is 0 Å². The largest absolute Gasteiger partial charge is 0.308 e. The van der Waals surface area contributed by atoms with Crippen LogP contribution in [0.4, 0.5) is 0 Å². The molecule has 0 atom stereocenters. The maximum atomic E-state index is 14.8. The highest BCUT2D eigenvalue weighted by Crippen LogP contribution is 2.60. The van der Waals surface area contributed by atoms with Crippen LogP contribution < -0.4 is 0 Å². The molecule has 0 spiro atoms. The van der Waals surface area contributed by atoms with E-state index in [1.807, 2.05) is 0 Å². The lowest BCUT2D eigenvalue weighted by atomic mass is 9.53. The van der Waals surface area contributed by atoms with E-state index in [4.69, 9.17) is 4.98 Å². The highest BCUT2D eigenvalue weighted by Gasteiger charge is 2.51. The van der Waals surface area contributed by atoms with Crippen molar-refractivity contribution in [2.75, 3.05) is 0 Å². The van der Waals surface area contributed by atoms with Gasteiger partial charge in [0.2, 0.25) is 0 Å². The topological polar surface area (TPSA) is 38.8 Å². The normalized spacial score (nSPS) is 24.7. The molecule has 11 aromatic rings. The van der Waals surface area contributed by atoms with E-state index >= 15 is 0 Å². The fraction of sp³-hybridized carbons (Fsp3) is 0.344. The zero-order valence-electron chi connectivity index (χ0n) is 41.4. The van der Waals surface area contributed by atoms with Crippen LogP contribution in [0.3, 0.4) is 0 Å². The molecule has 0 radical (unpaired) electrons. The number of carbonyl (C=O) groups is 1. The van der Waals surface area contributed by atoms with Gasteiger partial charge >= 0.3 is 0 Å². The number of hydrogen-bond acceptors (Lipinski definition) is 2. The van der Waals surface area contributed by atoms with Gasteiger partial charge in [0.1, 0.15) is 0 Å². The van der Waals surface area contributed by atoms with E-state index in [9.17, 15) is 4.79 Å². The zero-order chi connectivity index (χ0) is 46.5. The van der Waals surface area contributed by atoms with Gasteiger partial charge in [-0.05, 0) is 208 Å². The molecule has 2 saturated carbocycles. The summed E-state index contributed by atoms with van der Waals surface area (Å²) in [4.78, 5) is 20.4. The average molecular weight is 886 g/mol. The Balaban J connectivity index is 1.13. The maximum Gasteiger partial charge on any atom is 0.169 e. The predicted molar refractivity (Wildman–Crippen MR) is 284 cm³/mol. The first-order chi connectivity index (χ1) is 32.5. The first-order valence-corrected chi connectivity index (χ1v) is 25.6. The number of hydrogen-bond donors (Lipinski definition) is 0. The number of ketones is 1. The van der Waals surface area contributed by atoms with Gasteiger partial charge in [0.15, 0.2) is 5.78 Å². The monoisotopic (exact) mass is 885 g/mol. The van der Waals surface area contributed by atoms with Crippen LogP contribution in [0.1, 0.15) is 140 Å². The zero-order valence-corrected chi connectivity index (χ0v) is 41.4. The third-order valence-corrected chi connectivity index (χ3v) is 19.5. The van der Waals surface area contributed by atoms with Gasteiger partial charge in [-0.25, -0.2) is 0 Å². The van der Waals surface area contributed by atoms with Crippen molar-refractivity contribution in [3.05, 3.63) is 135 Å². The summed E-state index contributed by atoms with van der Waals surface area (Å²) in [6.45, 7) is 23.2. The Hall–Kier alpha value is -6.26. The van der Waals surface area contributed by atoms with Crippen LogP contribution in [-0.2, 0) is 16.2 Å². The van der Waals surface area contributed by atoms with Crippen molar-refractivity contribution in [3.63, 3.8) is 0 Å². The summed E-state index contributed by atoms with van der Waals surface area (Å²) < 4.78 is 5.16. The molecule has 6 aliphatic carbocycles. The van der Waals surface area contributed by atoms with Gasteiger partial charge < -0.3 is 8.80 Å². The van der Waals surface area contributed by atoms with E-state index in [2.05, 4.69) is 157 Å². The Bertz CT molecular complexity index is 4120. The van der Waals surface area contributed by atoms with Crippen molar-refractivity contribution in [3.8, 4) is 22.3 Å². The quantitative estimate of drug-likeness (QED) is 0.173. The molecule has 336 valence electrons. The van der Waals surface area contributed by atoms with Crippen LogP contribution in [0.25, 0.3) is 98.4 Å². The standard InChI is InChI=1S/C64H59N3O/c1-32-19-34(3)53(35(4)20-32)38-23-43-40-27-48-46(60(68)64(10)17-11-61(48,7)12-18-64)30-51(40)66-49-28-42-45-25-39(54-36(5)21-33(2)22-37(54)6)26-47-55-52(31-65-59-56(55)62(8)13-15-63(59,9)16-14-62)67(58(45)47)50(42)29-41(49)44(24-38)57(43)66/h19-31H,11-18H2,1-10H3. The van der Waals surface area contributed by atoms with Crippen LogP contribution in [0.2, 0.25) is 0 Å². The molecule has 2 fully saturated rings. The minimum atomic E-state index is -0.309. The Kier molecular flexibility index (Phi) is 7.18. The molecular weight excluding hydrogens is 827 g/mol. The van der Waals surface area contributed by atoms with Gasteiger partial charge in [-0.3, -0.25) is 9.78 Å². The molecule has 0 saturated heterocycles. The predicted octanol–water partition coefficient (Wildman–Crippen LogP) is 16.7. The first kappa shape index (κ1) is 39.7. The maximum absolute atomic E-state index is 14.8. The smallest absolute Gasteiger partial charge is 0.169 e. The highest BCUT2D eigenvalue weighted by atomic mass is 16.1. The number of carbonyl (C=O) groups excluding carboxylic acids is 1. The van der Waals surface area contributed by atoms with Gasteiger partial charge in [0, 0.05) is 59.5 Å². The summed E-state index contributed by atoms with van der Waals surface area (Å²) in [5.74, 6) is 0.340. The van der Waals surface area contributed by atoms with E-state index in [1.165, 1.54) is 169 Å². The number of pyridine rings is 1. The van der Waals surface area contributed by atoms with Crippen LogP contribution in [0.5, 0.6) is 0 Å². The second-order valence-corrected chi connectivity index (χ2v) is 24.2. The van der Waals surface area contributed by atoms with Crippen molar-refractivity contribution in [1.82, 2.24) is 13.8 Å². The van der Waals surface area contributed by atoms with Gasteiger partial charge in [0.05, 0.1) is 45.0 Å². The number of aromatic nitrogens is 3. The molecule has 6 aliphatic rings. The Labute approximate surface area is 398 Å². The number of fused-ring (bicyclic) bond motifs is 16. The van der Waals surface area contributed by atoms with Gasteiger partial charge in [-0.15, -0.1) is 0 Å². The van der Waals surface area contributed by atoms with Crippen LogP contribution >= 0.6 is 0 Å². The molecule has 68 heavy (non-hydrogen) atoms. The van der Waals surface area contributed by atoms with Gasteiger partial charge in [-0.1, -0.05) is 63.1 Å². The number of rotatable bonds is 2. The van der Waals surface area contributed by atoms with Crippen LogP contribution in [-0.4, -0.2) is 19.6 Å². The lowest BCUT2D eigenvalue weighted by Gasteiger charge is -2.51. The molecule has 0 amide bonds. The number of Topliss-reactive ketones (excluding diaryl/α,β-unsaturated/α-hetero) is 1. The highest BCUT2D eigenvalue weighted by molar-refractivity contribution is 6.30. The van der Waals surface area contributed by atoms with Crippen molar-refractivity contribution >= 4 is 82.0 Å². The molecule has 5 heterocycles. The van der Waals surface area contributed by atoms with E-state index < -0.39 is 0 Å². The van der Waals surface area contributed by atoms with Crippen LogP contribution in [0.15, 0.2) is 79.0 Å². The number of nitrogens with zero attached hydrogens (tertiary/aromatic N) is 3. The van der Waals surface area contributed by atoms with Gasteiger partial charge in [0.25, 0.3) is 0 Å². The SMILES string of the molecule is Cc1cc(C)c(-c2cc3c4cc5c(cc4n4c6cc7c8cc(-c9c(C)cc(C)cc9C)cc9c%10c%11c(ncc%10n(c7cc6c(c2)c34)c89)C2(C)CCC%11(C)CC2)C(=O)C2(C)CCC5(C)CC2)c(C)c1. The van der Waals surface area contributed by atoms with Crippen molar-refractivity contribution in [1.29, 1.82) is 0 Å². The third-order valence-electron chi connectivity index (χ3n) is 19.5. The summed E-state index contributed by atoms with van der Waals surface area (Å²) >= 11 is 0. The van der Waals surface area contributed by atoms with Crippen molar-refractivity contribution < 1.29 is 4.79 Å². The summed E-state index contributed by atoms with van der Waals surface area (Å²) in [6, 6.07) is 29.3. The second kappa shape index (κ2) is 12.3. The molecule has 4 heteroatoms. The summed E-state index contributed by atoms with van der Waals surface area (Å²) in [5, 5.41) is 10.4. The average Bonchev–Trinajstić information content (AvgIpc) is 3.99. The third kappa shape index (κ3) is 4.64. The Morgan fingerprint density at radius 3 is 1.41 bits per heavy atom. The lowest BCUT2D eigenvalue weighted by molar-refractivity contribution is 0.0732. The number of benzene rings is 6. The summed E-state index contributed by atoms with van der Waals surface area (Å²) in [5.41, 5.74) is 25.4. The van der Waals surface area contributed by atoms with E-state index in [0.29, 0.717) is 5.78 Å². The first-order valence-electron chi connectivity index (χ1n) is 25.6. The van der Waals surface area contributed by atoms with E-state index in [0.717, 1.165) is 36.8 Å². The lowest BCUT2D eigenvalue weighted by Crippen LogP contribution is -2.45. The molecule has 4 bridgehead atoms.